The number of aromatic nitrogens is 1. The van der Waals surface area contributed by atoms with E-state index >= 15 is 0 Å². The third-order valence-electron chi connectivity index (χ3n) is 2.75. The van der Waals surface area contributed by atoms with Gasteiger partial charge in [-0.2, -0.15) is 0 Å². The first-order chi connectivity index (χ1) is 9.85. The number of alkyl halides is 3. The Kier molecular flexibility index (Phi) is 4.72. The molecule has 2 rings (SSSR count). The van der Waals surface area contributed by atoms with Crippen LogP contribution in [0.25, 0.3) is 0 Å². The van der Waals surface area contributed by atoms with Crippen molar-refractivity contribution >= 4 is 21.6 Å². The highest BCUT2D eigenvalue weighted by Gasteiger charge is 2.32. The molecular weight excluding hydrogens is 349 g/mol. The number of benzene rings is 1. The maximum Gasteiger partial charge on any atom is 0.573 e. The van der Waals surface area contributed by atoms with Crippen LogP contribution in [0.4, 0.5) is 18.9 Å². The molecule has 0 saturated carbocycles. The summed E-state index contributed by atoms with van der Waals surface area (Å²) < 4.78 is 41.9. The summed E-state index contributed by atoms with van der Waals surface area (Å²) in [5.41, 5.74) is 1.17. The number of halogens is 4. The van der Waals surface area contributed by atoms with Gasteiger partial charge in [0.25, 0.3) is 0 Å². The molecule has 0 amide bonds. The molecule has 1 unspecified atom stereocenters. The zero-order valence-corrected chi connectivity index (χ0v) is 12.6. The normalized spacial score (nSPS) is 12.8. The van der Waals surface area contributed by atoms with E-state index in [9.17, 15) is 13.2 Å². The van der Waals surface area contributed by atoms with Crippen molar-refractivity contribution in [3.05, 3.63) is 52.8 Å². The molecule has 0 saturated heterocycles. The number of pyridine rings is 1. The molecule has 0 fully saturated rings. The largest absolute Gasteiger partial charge is 0.573 e. The standard InChI is InChI=1S/C14H12BrF3N2O/c1-9(10-4-6-19-7-5-10)20-12-3-2-11(15)8-13(12)21-14(16,17)18/h2-9,20H,1H3. The first-order valence-corrected chi connectivity index (χ1v) is 6.86. The molecule has 0 bridgehead atoms. The van der Waals surface area contributed by atoms with E-state index in [0.717, 1.165) is 5.56 Å². The van der Waals surface area contributed by atoms with Gasteiger partial charge in [-0.1, -0.05) is 15.9 Å². The predicted octanol–water partition coefficient (Wildman–Crippen LogP) is 4.92. The molecule has 1 aromatic heterocycles. The molecule has 0 radical (unpaired) electrons. The number of rotatable bonds is 4. The summed E-state index contributed by atoms with van der Waals surface area (Å²) >= 11 is 3.13. The van der Waals surface area contributed by atoms with Crippen molar-refractivity contribution in [2.45, 2.75) is 19.3 Å². The fourth-order valence-electron chi connectivity index (χ4n) is 1.79. The lowest BCUT2D eigenvalue weighted by Gasteiger charge is -2.19. The minimum atomic E-state index is -4.74. The van der Waals surface area contributed by atoms with Gasteiger partial charge in [0.1, 0.15) is 0 Å². The van der Waals surface area contributed by atoms with Crippen LogP contribution in [0.15, 0.2) is 47.2 Å². The smallest absolute Gasteiger partial charge is 0.404 e. The predicted molar refractivity (Wildman–Crippen MR) is 77.1 cm³/mol. The molecule has 2 aromatic rings. The SMILES string of the molecule is CC(Nc1ccc(Br)cc1OC(F)(F)F)c1ccncc1. The minimum Gasteiger partial charge on any atom is -0.404 e. The van der Waals surface area contributed by atoms with Gasteiger partial charge < -0.3 is 10.1 Å². The summed E-state index contributed by atoms with van der Waals surface area (Å²) in [5, 5.41) is 3.00. The van der Waals surface area contributed by atoms with E-state index in [1.165, 1.54) is 12.1 Å². The Balaban J connectivity index is 2.23. The highest BCUT2D eigenvalue weighted by Crippen LogP contribution is 2.34. The molecule has 21 heavy (non-hydrogen) atoms. The zero-order valence-electron chi connectivity index (χ0n) is 11.0. The molecule has 1 heterocycles. The molecule has 0 aliphatic rings. The second-order valence-corrected chi connectivity index (χ2v) is 5.25. The molecule has 3 nitrogen and oxygen atoms in total. The van der Waals surface area contributed by atoms with Gasteiger partial charge in [0.2, 0.25) is 0 Å². The number of hydrogen-bond acceptors (Lipinski definition) is 3. The molecular formula is C14H12BrF3N2O. The van der Waals surface area contributed by atoms with E-state index in [-0.39, 0.29) is 17.5 Å². The molecule has 1 aromatic carbocycles. The highest BCUT2D eigenvalue weighted by molar-refractivity contribution is 9.10. The summed E-state index contributed by atoms with van der Waals surface area (Å²) in [7, 11) is 0. The summed E-state index contributed by atoms with van der Waals surface area (Å²) in [5.74, 6) is -0.280. The van der Waals surface area contributed by atoms with Gasteiger partial charge in [-0.25, -0.2) is 0 Å². The number of nitrogens with one attached hydrogen (secondary N) is 1. The fraction of sp³-hybridized carbons (Fsp3) is 0.214. The Bertz CT molecular complexity index is 605. The van der Waals surface area contributed by atoms with Crippen molar-refractivity contribution < 1.29 is 17.9 Å². The van der Waals surface area contributed by atoms with Crippen LogP contribution in [0.2, 0.25) is 0 Å². The maximum atomic E-state index is 12.4. The second kappa shape index (κ2) is 6.34. The van der Waals surface area contributed by atoms with Crippen molar-refractivity contribution in [3.8, 4) is 5.75 Å². The molecule has 1 N–H and O–H groups in total. The average Bonchev–Trinajstić information content (AvgIpc) is 2.41. The number of ether oxygens (including phenoxy) is 1. The Hall–Kier alpha value is -1.76. The first-order valence-electron chi connectivity index (χ1n) is 6.07. The van der Waals surface area contributed by atoms with Crippen LogP contribution in [0.3, 0.4) is 0 Å². The molecule has 112 valence electrons. The van der Waals surface area contributed by atoms with Crippen LogP contribution in [0.5, 0.6) is 5.75 Å². The van der Waals surface area contributed by atoms with E-state index in [1.807, 2.05) is 6.92 Å². The van der Waals surface area contributed by atoms with Gasteiger partial charge >= 0.3 is 6.36 Å². The highest BCUT2D eigenvalue weighted by atomic mass is 79.9. The summed E-state index contributed by atoms with van der Waals surface area (Å²) in [6.45, 7) is 1.84. The monoisotopic (exact) mass is 360 g/mol. The summed E-state index contributed by atoms with van der Waals surface area (Å²) in [4.78, 5) is 3.91. The maximum absolute atomic E-state index is 12.4. The van der Waals surface area contributed by atoms with Crippen molar-refractivity contribution in [1.82, 2.24) is 4.98 Å². The van der Waals surface area contributed by atoms with Crippen LogP contribution in [-0.2, 0) is 0 Å². The molecule has 0 aliphatic carbocycles. The van der Waals surface area contributed by atoms with Crippen molar-refractivity contribution in [2.75, 3.05) is 5.32 Å². The first kappa shape index (κ1) is 15.6. The van der Waals surface area contributed by atoms with Gasteiger partial charge in [0, 0.05) is 22.9 Å². The van der Waals surface area contributed by atoms with E-state index in [1.54, 1.807) is 30.6 Å². The lowest BCUT2D eigenvalue weighted by atomic mass is 10.1. The van der Waals surface area contributed by atoms with Crippen LogP contribution >= 0.6 is 15.9 Å². The van der Waals surface area contributed by atoms with E-state index < -0.39 is 6.36 Å². The Morgan fingerprint density at radius 1 is 1.19 bits per heavy atom. The van der Waals surface area contributed by atoms with E-state index in [0.29, 0.717) is 4.47 Å². The van der Waals surface area contributed by atoms with Crippen LogP contribution in [0.1, 0.15) is 18.5 Å². The Labute approximate surface area is 128 Å². The number of hydrogen-bond donors (Lipinski definition) is 1. The molecule has 0 spiro atoms. The van der Waals surface area contributed by atoms with Gasteiger partial charge in [-0.3, -0.25) is 4.98 Å². The third-order valence-corrected chi connectivity index (χ3v) is 3.24. The van der Waals surface area contributed by atoms with Gasteiger partial charge in [0.05, 0.1) is 5.69 Å². The molecule has 0 aliphatic heterocycles. The number of anilines is 1. The average molecular weight is 361 g/mol. The minimum absolute atomic E-state index is 0.190. The van der Waals surface area contributed by atoms with Crippen molar-refractivity contribution in [2.24, 2.45) is 0 Å². The van der Waals surface area contributed by atoms with Crippen LogP contribution in [-0.4, -0.2) is 11.3 Å². The molecule has 7 heteroatoms. The molecule has 1 atom stereocenters. The fourth-order valence-corrected chi connectivity index (χ4v) is 2.13. The Morgan fingerprint density at radius 2 is 1.86 bits per heavy atom. The lowest BCUT2D eigenvalue weighted by Crippen LogP contribution is -2.18. The van der Waals surface area contributed by atoms with E-state index in [4.69, 9.17) is 0 Å². The van der Waals surface area contributed by atoms with Gasteiger partial charge in [0.15, 0.2) is 5.75 Å². The summed E-state index contributed by atoms with van der Waals surface area (Å²) in [6, 6.07) is 7.84. The number of nitrogens with zero attached hydrogens (tertiary/aromatic N) is 1. The quantitative estimate of drug-likeness (QED) is 0.840. The zero-order chi connectivity index (χ0) is 15.5. The summed E-state index contributed by atoms with van der Waals surface area (Å²) in [6.07, 6.45) is -1.48. The third kappa shape index (κ3) is 4.63. The van der Waals surface area contributed by atoms with Crippen molar-refractivity contribution in [3.63, 3.8) is 0 Å². The van der Waals surface area contributed by atoms with Crippen LogP contribution in [0, 0.1) is 0 Å². The topological polar surface area (TPSA) is 34.1 Å². The van der Waals surface area contributed by atoms with Gasteiger partial charge in [-0.05, 0) is 42.8 Å². The van der Waals surface area contributed by atoms with Crippen molar-refractivity contribution in [1.29, 1.82) is 0 Å². The lowest BCUT2D eigenvalue weighted by molar-refractivity contribution is -0.274. The second-order valence-electron chi connectivity index (χ2n) is 4.33. The van der Waals surface area contributed by atoms with E-state index in [2.05, 4.69) is 31.0 Å². The Morgan fingerprint density at radius 3 is 2.48 bits per heavy atom. The van der Waals surface area contributed by atoms with Crippen LogP contribution < -0.4 is 10.1 Å². The van der Waals surface area contributed by atoms with Gasteiger partial charge in [-0.15, -0.1) is 13.2 Å².